The van der Waals surface area contributed by atoms with Gasteiger partial charge < -0.3 is 5.73 Å². The molecule has 0 aromatic heterocycles. The fraction of sp³-hybridized carbons (Fsp3) is 0.273. The van der Waals surface area contributed by atoms with Crippen molar-refractivity contribution in [3.05, 3.63) is 34.9 Å². The minimum atomic E-state index is 0.266. The topological polar surface area (TPSA) is 50.7 Å². The molecule has 1 aromatic rings. The summed E-state index contributed by atoms with van der Waals surface area (Å²) in [5.41, 5.74) is 7.47. The van der Waals surface area contributed by atoms with Crippen molar-refractivity contribution in [2.75, 3.05) is 0 Å². The van der Waals surface area contributed by atoms with Crippen molar-refractivity contribution in [1.29, 1.82) is 0 Å². The van der Waals surface area contributed by atoms with Crippen LogP contribution in [-0.2, 0) is 0 Å². The third-order valence-corrected chi connectivity index (χ3v) is 2.75. The molecule has 2 rings (SSSR count). The predicted octanol–water partition coefficient (Wildman–Crippen LogP) is 2.44. The van der Waals surface area contributed by atoms with Crippen LogP contribution in [0.2, 0.25) is 5.02 Å². The molecule has 0 saturated heterocycles. The van der Waals surface area contributed by atoms with Crippen molar-refractivity contribution < 1.29 is 0 Å². The molecule has 0 aliphatic carbocycles. The number of nitrogens with zero attached hydrogens (tertiary/aromatic N) is 2. The van der Waals surface area contributed by atoms with E-state index in [1.54, 1.807) is 0 Å². The molecule has 2 N–H and O–H groups in total. The van der Waals surface area contributed by atoms with Gasteiger partial charge in [-0.1, -0.05) is 36.7 Å². The Kier molecular flexibility index (Phi) is 2.73. The zero-order chi connectivity index (χ0) is 10.8. The van der Waals surface area contributed by atoms with E-state index < -0.39 is 0 Å². The molecule has 4 heteroatoms. The second-order valence-corrected chi connectivity index (χ2v) is 4.07. The second kappa shape index (κ2) is 4.03. The highest BCUT2D eigenvalue weighted by Crippen LogP contribution is 2.23. The minimum absolute atomic E-state index is 0.266. The third kappa shape index (κ3) is 2.02. The van der Waals surface area contributed by atoms with E-state index in [4.69, 9.17) is 17.3 Å². The molecule has 1 unspecified atom stereocenters. The molecule has 0 bridgehead atoms. The van der Waals surface area contributed by atoms with Gasteiger partial charge in [0.2, 0.25) is 0 Å². The summed E-state index contributed by atoms with van der Waals surface area (Å²) in [6.07, 6.45) is 0.740. The Morgan fingerprint density at radius 2 is 2.07 bits per heavy atom. The molecule has 0 spiro atoms. The zero-order valence-electron chi connectivity index (χ0n) is 8.44. The van der Waals surface area contributed by atoms with Gasteiger partial charge in [0.15, 0.2) is 0 Å². The molecule has 0 fully saturated rings. The Bertz CT molecular complexity index is 437. The Balaban J connectivity index is 2.44. The fourth-order valence-corrected chi connectivity index (χ4v) is 1.89. The van der Waals surface area contributed by atoms with Crippen LogP contribution in [0.1, 0.15) is 18.9 Å². The molecule has 78 valence electrons. The quantitative estimate of drug-likeness (QED) is 0.778. The monoisotopic (exact) mass is 221 g/mol. The number of amidine groups is 1. The number of hydrogen-bond acceptors (Lipinski definition) is 3. The van der Waals surface area contributed by atoms with Crippen molar-refractivity contribution in [2.45, 2.75) is 13.3 Å². The lowest BCUT2D eigenvalue weighted by Crippen LogP contribution is -2.25. The van der Waals surface area contributed by atoms with Crippen LogP contribution in [0.25, 0.3) is 0 Å². The fourth-order valence-electron chi connectivity index (χ4n) is 1.66. The molecule has 1 aliphatic rings. The molecule has 1 heterocycles. The first-order chi connectivity index (χ1) is 7.18. The molecule has 1 aliphatic heterocycles. The lowest BCUT2D eigenvalue weighted by atomic mass is 9.94. The van der Waals surface area contributed by atoms with E-state index in [1.807, 2.05) is 24.3 Å². The van der Waals surface area contributed by atoms with E-state index in [-0.39, 0.29) is 5.92 Å². The largest absolute Gasteiger partial charge is 0.386 e. The Labute approximate surface area is 93.7 Å². The summed E-state index contributed by atoms with van der Waals surface area (Å²) in [6, 6.07) is 7.65. The molecular formula is C11H12ClN3. The predicted molar refractivity (Wildman–Crippen MR) is 63.4 cm³/mol. The second-order valence-electron chi connectivity index (χ2n) is 3.66. The highest BCUT2D eigenvalue weighted by atomic mass is 35.5. The van der Waals surface area contributed by atoms with Gasteiger partial charge in [-0.2, -0.15) is 5.10 Å². The molecule has 0 radical (unpaired) electrons. The van der Waals surface area contributed by atoms with E-state index >= 15 is 0 Å². The average molecular weight is 222 g/mol. The van der Waals surface area contributed by atoms with Crippen LogP contribution in [0, 0.1) is 5.92 Å². The first-order valence-corrected chi connectivity index (χ1v) is 5.21. The maximum Gasteiger partial charge on any atom is 0.123 e. The van der Waals surface area contributed by atoms with Gasteiger partial charge in [0, 0.05) is 22.9 Å². The van der Waals surface area contributed by atoms with Crippen LogP contribution in [0.5, 0.6) is 0 Å². The van der Waals surface area contributed by atoms with Crippen LogP contribution in [-0.4, -0.2) is 11.5 Å². The molecule has 1 atom stereocenters. The van der Waals surface area contributed by atoms with Gasteiger partial charge in [-0.05, 0) is 6.07 Å². The van der Waals surface area contributed by atoms with Crippen LogP contribution in [0.15, 0.2) is 34.5 Å². The summed E-state index contributed by atoms with van der Waals surface area (Å²) in [6.45, 7) is 2.07. The van der Waals surface area contributed by atoms with Gasteiger partial charge in [0.1, 0.15) is 5.84 Å². The smallest absolute Gasteiger partial charge is 0.123 e. The Morgan fingerprint density at radius 1 is 1.33 bits per heavy atom. The molecule has 1 aromatic carbocycles. The van der Waals surface area contributed by atoms with Crippen molar-refractivity contribution in [2.24, 2.45) is 21.9 Å². The molecule has 0 amide bonds. The first kappa shape index (κ1) is 10.2. The highest BCUT2D eigenvalue weighted by molar-refractivity contribution is 6.34. The van der Waals surface area contributed by atoms with Crippen LogP contribution < -0.4 is 5.73 Å². The number of hydrogen-bond donors (Lipinski definition) is 1. The van der Waals surface area contributed by atoms with Gasteiger partial charge in [0.25, 0.3) is 0 Å². The molecule has 0 saturated carbocycles. The summed E-state index contributed by atoms with van der Waals surface area (Å²) in [7, 11) is 0. The van der Waals surface area contributed by atoms with E-state index in [2.05, 4.69) is 17.1 Å². The molecular weight excluding hydrogens is 210 g/mol. The van der Waals surface area contributed by atoms with Crippen molar-refractivity contribution in [3.63, 3.8) is 0 Å². The Morgan fingerprint density at radius 3 is 2.73 bits per heavy atom. The maximum atomic E-state index is 6.10. The van der Waals surface area contributed by atoms with Crippen LogP contribution in [0.3, 0.4) is 0 Å². The molecule has 15 heavy (non-hydrogen) atoms. The number of benzene rings is 1. The summed E-state index contributed by atoms with van der Waals surface area (Å²) in [4.78, 5) is 0. The van der Waals surface area contributed by atoms with E-state index in [9.17, 15) is 0 Å². The SMILES string of the molecule is CC1CC(N)=NN=C1c1ccccc1Cl. The van der Waals surface area contributed by atoms with Crippen LogP contribution in [0.4, 0.5) is 0 Å². The van der Waals surface area contributed by atoms with E-state index in [0.29, 0.717) is 10.9 Å². The van der Waals surface area contributed by atoms with Crippen molar-refractivity contribution in [3.8, 4) is 0 Å². The number of nitrogens with two attached hydrogens (primary N) is 1. The number of halogens is 1. The van der Waals surface area contributed by atoms with Crippen LogP contribution >= 0.6 is 11.6 Å². The van der Waals surface area contributed by atoms with Gasteiger partial charge in [-0.25, -0.2) is 0 Å². The first-order valence-electron chi connectivity index (χ1n) is 4.83. The number of rotatable bonds is 1. The summed E-state index contributed by atoms with van der Waals surface area (Å²) >= 11 is 6.10. The molecule has 3 nitrogen and oxygen atoms in total. The normalized spacial score (nSPS) is 20.8. The summed E-state index contributed by atoms with van der Waals surface area (Å²) in [5.74, 6) is 0.848. The van der Waals surface area contributed by atoms with Gasteiger partial charge in [-0.3, -0.25) is 0 Å². The summed E-state index contributed by atoms with van der Waals surface area (Å²) < 4.78 is 0. The van der Waals surface area contributed by atoms with E-state index in [1.165, 1.54) is 0 Å². The lowest BCUT2D eigenvalue weighted by molar-refractivity contribution is 0.783. The average Bonchev–Trinajstić information content (AvgIpc) is 2.20. The summed E-state index contributed by atoms with van der Waals surface area (Å²) in [5, 5.41) is 8.73. The standard InChI is InChI=1S/C11H12ClN3/c1-7-6-10(13)14-15-11(7)8-4-2-3-5-9(8)12/h2-5,7H,6H2,1H3,(H2,13,14). The zero-order valence-corrected chi connectivity index (χ0v) is 9.20. The Hall–Kier alpha value is -1.35. The maximum absolute atomic E-state index is 6.10. The highest BCUT2D eigenvalue weighted by Gasteiger charge is 2.19. The van der Waals surface area contributed by atoms with Crippen molar-refractivity contribution >= 4 is 23.1 Å². The minimum Gasteiger partial charge on any atom is -0.386 e. The lowest BCUT2D eigenvalue weighted by Gasteiger charge is -2.17. The third-order valence-electron chi connectivity index (χ3n) is 2.42. The van der Waals surface area contributed by atoms with Gasteiger partial charge in [0.05, 0.1) is 5.71 Å². The van der Waals surface area contributed by atoms with Crippen molar-refractivity contribution in [1.82, 2.24) is 0 Å². The van der Waals surface area contributed by atoms with E-state index in [0.717, 1.165) is 17.7 Å². The van der Waals surface area contributed by atoms with Gasteiger partial charge >= 0.3 is 0 Å². The van der Waals surface area contributed by atoms with Gasteiger partial charge in [-0.15, -0.1) is 5.10 Å².